The van der Waals surface area contributed by atoms with Gasteiger partial charge in [0.15, 0.2) is 5.78 Å². The van der Waals surface area contributed by atoms with Gasteiger partial charge in [0.2, 0.25) is 0 Å². The van der Waals surface area contributed by atoms with Crippen molar-refractivity contribution in [3.05, 3.63) is 0 Å². The van der Waals surface area contributed by atoms with Crippen molar-refractivity contribution in [1.29, 1.82) is 0 Å². The summed E-state index contributed by atoms with van der Waals surface area (Å²) >= 11 is 0. The lowest BCUT2D eigenvalue weighted by molar-refractivity contribution is -0.138. The number of aliphatic carboxylic acids is 2. The van der Waals surface area contributed by atoms with E-state index in [0.29, 0.717) is 19.3 Å². The van der Waals surface area contributed by atoms with Gasteiger partial charge in [-0.25, -0.2) is 0 Å². The molecule has 0 aliphatic heterocycles. The smallest absolute Gasteiger partial charge is 0.320 e. The van der Waals surface area contributed by atoms with Gasteiger partial charge >= 0.3 is 5.97 Å². The molecule has 0 heterocycles. The molecule has 0 saturated carbocycles. The molecule has 0 saturated heterocycles. The number of carbonyl (C=O) groups excluding carboxylic acids is 1. The van der Waals surface area contributed by atoms with E-state index >= 15 is 0 Å². The van der Waals surface area contributed by atoms with Crippen LogP contribution in [0.4, 0.5) is 0 Å². The average molecular weight is 263 g/mol. The lowest BCUT2D eigenvalue weighted by atomic mass is 10.0. The topological polar surface area (TPSA) is 170 Å². The summed E-state index contributed by atoms with van der Waals surface area (Å²) in [6.07, 6.45) is 1.26. The third-order valence-corrected chi connectivity index (χ3v) is 1.96. The summed E-state index contributed by atoms with van der Waals surface area (Å²) in [5, 5.41) is 15.9. The summed E-state index contributed by atoms with van der Waals surface area (Å²) in [6.45, 7) is 1.01. The highest BCUT2D eigenvalue weighted by Gasteiger charge is 2.14. The van der Waals surface area contributed by atoms with Gasteiger partial charge in [-0.1, -0.05) is 0 Å². The van der Waals surface area contributed by atoms with Gasteiger partial charge in [0.1, 0.15) is 6.04 Å². The number of hydrogen-bond acceptors (Lipinski definition) is 6. The van der Waals surface area contributed by atoms with Crippen LogP contribution in [0.25, 0.3) is 0 Å². The number of nitrogens with two attached hydrogens (primary N) is 3. The van der Waals surface area contributed by atoms with E-state index in [9.17, 15) is 9.59 Å². The molecule has 8 nitrogen and oxygen atoms in total. The summed E-state index contributed by atoms with van der Waals surface area (Å²) in [5.74, 6) is -2.09. The van der Waals surface area contributed by atoms with Gasteiger partial charge in [0.05, 0.1) is 12.6 Å². The van der Waals surface area contributed by atoms with E-state index in [0.717, 1.165) is 6.92 Å². The summed E-state index contributed by atoms with van der Waals surface area (Å²) in [5.41, 5.74) is 15.8. The second-order valence-electron chi connectivity index (χ2n) is 3.67. The van der Waals surface area contributed by atoms with Crippen molar-refractivity contribution in [2.24, 2.45) is 17.2 Å². The number of carboxylic acid groups (broad SMARTS) is 2. The number of Topliss-reactive ketones (excluding diaryl/α,β-unsaturated/α-hetero) is 1. The Balaban J connectivity index is 0. The summed E-state index contributed by atoms with van der Waals surface area (Å²) < 4.78 is 0. The maximum Gasteiger partial charge on any atom is 0.320 e. The van der Waals surface area contributed by atoms with E-state index in [2.05, 4.69) is 0 Å². The van der Waals surface area contributed by atoms with Crippen molar-refractivity contribution in [2.45, 2.75) is 38.3 Å². The molecule has 0 amide bonds. The van der Waals surface area contributed by atoms with Crippen LogP contribution >= 0.6 is 0 Å². The molecule has 18 heavy (non-hydrogen) atoms. The second-order valence-corrected chi connectivity index (χ2v) is 3.67. The van der Waals surface area contributed by atoms with Crippen molar-refractivity contribution < 1.29 is 24.6 Å². The van der Waals surface area contributed by atoms with Crippen LogP contribution in [-0.2, 0) is 14.4 Å². The number of carboxylic acids is 2. The molecule has 0 aliphatic carbocycles. The number of carbonyl (C=O) groups is 3. The maximum atomic E-state index is 10.9. The maximum absolute atomic E-state index is 10.9. The molecule has 8 N–H and O–H groups in total. The number of ketones is 1. The number of rotatable bonds is 7. The Kier molecular flexibility index (Phi) is 11.1. The van der Waals surface area contributed by atoms with E-state index in [1.54, 1.807) is 0 Å². The largest absolute Gasteiger partial charge is 0.481 e. The van der Waals surface area contributed by atoms with Crippen molar-refractivity contribution >= 4 is 17.7 Å². The first-order valence-corrected chi connectivity index (χ1v) is 5.38. The monoisotopic (exact) mass is 263 g/mol. The SMILES string of the molecule is CC(=O)O.NCC(=O)C(N)CCC[C@H](N)C(=O)O. The fourth-order valence-corrected chi connectivity index (χ4v) is 0.994. The second kappa shape index (κ2) is 10.6. The Morgan fingerprint density at radius 2 is 1.44 bits per heavy atom. The van der Waals surface area contributed by atoms with E-state index in [4.69, 9.17) is 32.2 Å². The molecule has 0 bridgehead atoms. The molecule has 0 aromatic carbocycles. The van der Waals surface area contributed by atoms with Crippen LogP contribution < -0.4 is 17.2 Å². The van der Waals surface area contributed by atoms with E-state index in [1.165, 1.54) is 0 Å². The third kappa shape index (κ3) is 12.6. The Labute approximate surface area is 105 Å². The van der Waals surface area contributed by atoms with Gasteiger partial charge < -0.3 is 27.4 Å². The fourth-order valence-electron chi connectivity index (χ4n) is 0.994. The van der Waals surface area contributed by atoms with Crippen LogP contribution in [0.15, 0.2) is 0 Å². The predicted octanol–water partition coefficient (Wildman–Crippen LogP) is -1.49. The molecular weight excluding hydrogens is 242 g/mol. The molecule has 0 fully saturated rings. The Morgan fingerprint density at radius 1 is 1.06 bits per heavy atom. The van der Waals surface area contributed by atoms with E-state index < -0.39 is 24.0 Å². The molecule has 0 spiro atoms. The minimum atomic E-state index is -1.04. The van der Waals surface area contributed by atoms with Gasteiger partial charge in [0.25, 0.3) is 5.97 Å². The molecule has 0 radical (unpaired) electrons. The van der Waals surface area contributed by atoms with Gasteiger partial charge in [-0.3, -0.25) is 14.4 Å². The van der Waals surface area contributed by atoms with Crippen LogP contribution in [-0.4, -0.2) is 46.6 Å². The number of hydrogen-bond donors (Lipinski definition) is 5. The highest BCUT2D eigenvalue weighted by molar-refractivity contribution is 5.85. The summed E-state index contributed by atoms with van der Waals surface area (Å²) in [4.78, 5) is 30.2. The van der Waals surface area contributed by atoms with Crippen molar-refractivity contribution in [3.8, 4) is 0 Å². The van der Waals surface area contributed by atoms with Gasteiger partial charge in [-0.15, -0.1) is 0 Å². The van der Waals surface area contributed by atoms with Gasteiger partial charge in [-0.05, 0) is 19.3 Å². The van der Waals surface area contributed by atoms with Crippen LogP contribution in [0.2, 0.25) is 0 Å². The van der Waals surface area contributed by atoms with Gasteiger partial charge in [-0.2, -0.15) is 0 Å². The molecule has 0 aliphatic rings. The minimum absolute atomic E-state index is 0.0772. The predicted molar refractivity (Wildman–Crippen MR) is 64.8 cm³/mol. The quantitative estimate of drug-likeness (QED) is 0.370. The molecule has 1 unspecified atom stereocenters. The summed E-state index contributed by atoms with van der Waals surface area (Å²) in [7, 11) is 0. The van der Waals surface area contributed by atoms with E-state index in [-0.39, 0.29) is 12.3 Å². The van der Waals surface area contributed by atoms with Crippen LogP contribution in [0.1, 0.15) is 26.2 Å². The normalized spacial score (nSPS) is 12.9. The Morgan fingerprint density at radius 3 is 1.78 bits per heavy atom. The lowest BCUT2D eigenvalue weighted by Crippen LogP contribution is -2.36. The van der Waals surface area contributed by atoms with Crippen molar-refractivity contribution in [3.63, 3.8) is 0 Å². The van der Waals surface area contributed by atoms with Crippen molar-refractivity contribution in [1.82, 2.24) is 0 Å². The molecular formula is C10H21N3O5. The van der Waals surface area contributed by atoms with Crippen LogP contribution in [0.3, 0.4) is 0 Å². The molecule has 0 aromatic heterocycles. The third-order valence-electron chi connectivity index (χ3n) is 1.96. The molecule has 2 atom stereocenters. The first-order valence-electron chi connectivity index (χ1n) is 5.38. The Hall–Kier alpha value is -1.51. The van der Waals surface area contributed by atoms with Crippen LogP contribution in [0.5, 0.6) is 0 Å². The molecule has 106 valence electrons. The average Bonchev–Trinajstić information content (AvgIpc) is 2.26. The van der Waals surface area contributed by atoms with Crippen LogP contribution in [0, 0.1) is 0 Å². The molecule has 8 heteroatoms. The zero-order chi connectivity index (χ0) is 14.7. The molecule has 0 rings (SSSR count). The first-order chi connectivity index (χ1) is 8.22. The first kappa shape index (κ1) is 18.8. The zero-order valence-electron chi connectivity index (χ0n) is 10.3. The standard InChI is InChI=1S/C8H17N3O3.C2H4O2/c9-4-7(12)5(10)2-1-3-6(11)8(13)14;1-2(3)4/h5-6H,1-4,9-11H2,(H,13,14);1H3,(H,3,4)/t5?,6-;/m0./s1. The lowest BCUT2D eigenvalue weighted by Gasteiger charge is -2.10. The molecule has 0 aromatic rings. The Bertz CT molecular complexity index is 279. The van der Waals surface area contributed by atoms with Crippen molar-refractivity contribution in [2.75, 3.05) is 6.54 Å². The highest BCUT2D eigenvalue weighted by Crippen LogP contribution is 2.02. The highest BCUT2D eigenvalue weighted by atomic mass is 16.4. The zero-order valence-corrected chi connectivity index (χ0v) is 10.3. The minimum Gasteiger partial charge on any atom is -0.481 e. The van der Waals surface area contributed by atoms with Gasteiger partial charge in [0, 0.05) is 6.92 Å². The van der Waals surface area contributed by atoms with E-state index in [1.807, 2.05) is 0 Å². The fraction of sp³-hybridized carbons (Fsp3) is 0.700. The summed E-state index contributed by atoms with van der Waals surface area (Å²) in [6, 6.07) is -1.48.